The molecule has 0 radical (unpaired) electrons. The second kappa shape index (κ2) is 7.88. The summed E-state index contributed by atoms with van der Waals surface area (Å²) >= 11 is 0. The van der Waals surface area contributed by atoms with Gasteiger partial charge in [-0.1, -0.05) is 0 Å². The molecule has 6 nitrogen and oxygen atoms in total. The number of hydrogen-bond acceptors (Lipinski definition) is 5. The first kappa shape index (κ1) is 16.4. The SMILES string of the molecule is COc1ccc(OCCN2CCN(C(=O)c3ccoc3)CC2)cc1. The first-order chi connectivity index (χ1) is 11.8. The number of piperazine rings is 1. The van der Waals surface area contributed by atoms with Crippen LogP contribution in [0, 0.1) is 0 Å². The Morgan fingerprint density at radius 3 is 2.42 bits per heavy atom. The number of amides is 1. The van der Waals surface area contributed by atoms with Crippen molar-refractivity contribution in [2.75, 3.05) is 46.4 Å². The van der Waals surface area contributed by atoms with Gasteiger partial charge in [-0.25, -0.2) is 0 Å². The van der Waals surface area contributed by atoms with Gasteiger partial charge in [-0.15, -0.1) is 0 Å². The molecule has 1 fully saturated rings. The number of carbonyl (C=O) groups excluding carboxylic acids is 1. The van der Waals surface area contributed by atoms with Crippen molar-refractivity contribution in [1.29, 1.82) is 0 Å². The molecule has 3 rings (SSSR count). The molecule has 1 aromatic carbocycles. The van der Waals surface area contributed by atoms with Crippen molar-refractivity contribution in [3.8, 4) is 11.5 Å². The van der Waals surface area contributed by atoms with Crippen molar-refractivity contribution in [1.82, 2.24) is 9.80 Å². The summed E-state index contributed by atoms with van der Waals surface area (Å²) in [6.07, 6.45) is 3.03. The molecule has 0 bridgehead atoms. The molecule has 0 spiro atoms. The molecule has 1 aliphatic heterocycles. The van der Waals surface area contributed by atoms with Gasteiger partial charge >= 0.3 is 0 Å². The zero-order chi connectivity index (χ0) is 16.8. The number of benzene rings is 1. The molecule has 2 heterocycles. The van der Waals surface area contributed by atoms with Crippen molar-refractivity contribution in [2.24, 2.45) is 0 Å². The average Bonchev–Trinajstić information content (AvgIpc) is 3.17. The summed E-state index contributed by atoms with van der Waals surface area (Å²) in [7, 11) is 1.65. The normalized spacial score (nSPS) is 15.3. The second-order valence-corrected chi connectivity index (χ2v) is 5.67. The van der Waals surface area contributed by atoms with Crippen LogP contribution in [0.4, 0.5) is 0 Å². The van der Waals surface area contributed by atoms with Crippen LogP contribution < -0.4 is 9.47 Å². The number of rotatable bonds is 6. The van der Waals surface area contributed by atoms with E-state index in [9.17, 15) is 4.79 Å². The predicted octanol–water partition coefficient (Wildman–Crippen LogP) is 2.12. The van der Waals surface area contributed by atoms with Gasteiger partial charge in [0.25, 0.3) is 5.91 Å². The van der Waals surface area contributed by atoms with E-state index in [1.807, 2.05) is 29.2 Å². The number of methoxy groups -OCH3 is 1. The minimum Gasteiger partial charge on any atom is -0.497 e. The van der Waals surface area contributed by atoms with Gasteiger partial charge in [-0.3, -0.25) is 9.69 Å². The van der Waals surface area contributed by atoms with Gasteiger partial charge in [0.05, 0.1) is 18.9 Å². The molecule has 0 saturated carbocycles. The first-order valence-corrected chi connectivity index (χ1v) is 8.07. The fourth-order valence-electron chi connectivity index (χ4n) is 2.71. The zero-order valence-electron chi connectivity index (χ0n) is 13.8. The first-order valence-electron chi connectivity index (χ1n) is 8.07. The van der Waals surface area contributed by atoms with Crippen LogP contribution in [0.15, 0.2) is 47.3 Å². The van der Waals surface area contributed by atoms with E-state index in [-0.39, 0.29) is 5.91 Å². The molecule has 0 atom stereocenters. The summed E-state index contributed by atoms with van der Waals surface area (Å²) < 4.78 is 15.8. The maximum Gasteiger partial charge on any atom is 0.257 e. The van der Waals surface area contributed by atoms with Gasteiger partial charge in [0, 0.05) is 32.7 Å². The molecule has 1 amide bonds. The summed E-state index contributed by atoms with van der Waals surface area (Å²) in [4.78, 5) is 16.4. The van der Waals surface area contributed by atoms with E-state index in [0.29, 0.717) is 12.2 Å². The third-order valence-electron chi connectivity index (χ3n) is 4.16. The maximum absolute atomic E-state index is 12.2. The summed E-state index contributed by atoms with van der Waals surface area (Å²) in [5, 5.41) is 0. The third kappa shape index (κ3) is 4.08. The van der Waals surface area contributed by atoms with Gasteiger partial charge in [0.15, 0.2) is 0 Å². The minimum absolute atomic E-state index is 0.0397. The Balaban J connectivity index is 1.38. The number of furan rings is 1. The lowest BCUT2D eigenvalue weighted by molar-refractivity contribution is 0.0619. The monoisotopic (exact) mass is 330 g/mol. The lowest BCUT2D eigenvalue weighted by Gasteiger charge is -2.34. The number of hydrogen-bond donors (Lipinski definition) is 0. The molecular weight excluding hydrogens is 308 g/mol. The van der Waals surface area contributed by atoms with E-state index in [2.05, 4.69) is 4.90 Å². The van der Waals surface area contributed by atoms with E-state index in [4.69, 9.17) is 13.9 Å². The van der Waals surface area contributed by atoms with Crippen molar-refractivity contribution in [3.05, 3.63) is 48.4 Å². The van der Waals surface area contributed by atoms with Crippen LogP contribution in [0.25, 0.3) is 0 Å². The molecule has 128 valence electrons. The van der Waals surface area contributed by atoms with Crippen LogP contribution in [0.5, 0.6) is 11.5 Å². The smallest absolute Gasteiger partial charge is 0.257 e. The van der Waals surface area contributed by atoms with Crippen LogP contribution in [0.2, 0.25) is 0 Å². The molecule has 6 heteroatoms. The van der Waals surface area contributed by atoms with Crippen molar-refractivity contribution in [2.45, 2.75) is 0 Å². The summed E-state index contributed by atoms with van der Waals surface area (Å²) in [6, 6.07) is 9.28. The van der Waals surface area contributed by atoms with Crippen molar-refractivity contribution in [3.63, 3.8) is 0 Å². The van der Waals surface area contributed by atoms with Crippen LogP contribution in [0.1, 0.15) is 10.4 Å². The largest absolute Gasteiger partial charge is 0.497 e. The Hall–Kier alpha value is -2.47. The van der Waals surface area contributed by atoms with Crippen molar-refractivity contribution < 1.29 is 18.7 Å². The van der Waals surface area contributed by atoms with E-state index in [1.54, 1.807) is 13.2 Å². The van der Waals surface area contributed by atoms with E-state index < -0.39 is 0 Å². The lowest BCUT2D eigenvalue weighted by atomic mass is 10.2. The predicted molar refractivity (Wildman–Crippen MR) is 89.5 cm³/mol. The van der Waals surface area contributed by atoms with Crippen LogP contribution >= 0.6 is 0 Å². The van der Waals surface area contributed by atoms with E-state index in [0.717, 1.165) is 44.2 Å². The van der Waals surface area contributed by atoms with E-state index in [1.165, 1.54) is 12.5 Å². The van der Waals surface area contributed by atoms with Crippen molar-refractivity contribution >= 4 is 5.91 Å². The topological polar surface area (TPSA) is 55.2 Å². The summed E-state index contributed by atoms with van der Waals surface area (Å²) in [5.41, 5.74) is 0.617. The quantitative estimate of drug-likeness (QED) is 0.812. The highest BCUT2D eigenvalue weighted by atomic mass is 16.5. The molecule has 2 aromatic rings. The number of carbonyl (C=O) groups is 1. The average molecular weight is 330 g/mol. The van der Waals surface area contributed by atoms with Gasteiger partial charge < -0.3 is 18.8 Å². The maximum atomic E-state index is 12.2. The highest BCUT2D eigenvalue weighted by molar-refractivity contribution is 5.93. The molecule has 0 aliphatic carbocycles. The molecule has 24 heavy (non-hydrogen) atoms. The molecule has 1 aromatic heterocycles. The highest BCUT2D eigenvalue weighted by Gasteiger charge is 2.22. The fraction of sp³-hybridized carbons (Fsp3) is 0.389. The lowest BCUT2D eigenvalue weighted by Crippen LogP contribution is -2.49. The Bertz CT molecular complexity index is 632. The standard InChI is InChI=1S/C18H22N2O4/c1-22-16-2-4-17(5-3-16)24-13-11-19-7-9-20(10-8-19)18(21)15-6-12-23-14-15/h2-6,12,14H,7-11,13H2,1H3. The summed E-state index contributed by atoms with van der Waals surface area (Å²) in [6.45, 7) is 4.64. The van der Waals surface area contributed by atoms with Gasteiger partial charge in [-0.2, -0.15) is 0 Å². The Kier molecular flexibility index (Phi) is 5.38. The number of nitrogens with zero attached hydrogens (tertiary/aromatic N) is 2. The van der Waals surface area contributed by atoms with Crippen LogP contribution in [-0.4, -0.2) is 62.1 Å². The zero-order valence-corrected chi connectivity index (χ0v) is 13.8. The minimum atomic E-state index is 0.0397. The van der Waals surface area contributed by atoms with Gasteiger partial charge in [0.1, 0.15) is 24.4 Å². The second-order valence-electron chi connectivity index (χ2n) is 5.67. The number of ether oxygens (including phenoxy) is 2. The Labute approximate surface area is 141 Å². The Morgan fingerprint density at radius 2 is 1.79 bits per heavy atom. The van der Waals surface area contributed by atoms with Gasteiger partial charge in [-0.05, 0) is 30.3 Å². The third-order valence-corrected chi connectivity index (χ3v) is 4.16. The molecule has 1 aliphatic rings. The highest BCUT2D eigenvalue weighted by Crippen LogP contribution is 2.17. The van der Waals surface area contributed by atoms with Gasteiger partial charge in [0.2, 0.25) is 0 Å². The van der Waals surface area contributed by atoms with E-state index >= 15 is 0 Å². The fourth-order valence-corrected chi connectivity index (χ4v) is 2.71. The van der Waals surface area contributed by atoms with Crippen LogP contribution in [0.3, 0.4) is 0 Å². The molecular formula is C18H22N2O4. The molecule has 0 N–H and O–H groups in total. The summed E-state index contributed by atoms with van der Waals surface area (Å²) in [5.74, 6) is 1.70. The molecule has 1 saturated heterocycles. The Morgan fingerprint density at radius 1 is 1.08 bits per heavy atom. The molecule has 0 unspecified atom stereocenters. The van der Waals surface area contributed by atoms with Crippen LogP contribution in [-0.2, 0) is 0 Å².